The fourth-order valence-corrected chi connectivity index (χ4v) is 4.16. The SMILES string of the molecule is O=C(O)CCCCCC[C@H]1C(=O)C[C@@H](O)[C@@H]1/C=C/[C@@H](O)C1OCc2ccccc2O1. The number of para-hydroxylation sites is 1. The molecule has 1 aromatic carbocycles. The highest BCUT2D eigenvalue weighted by Gasteiger charge is 2.39. The van der Waals surface area contributed by atoms with Gasteiger partial charge in [-0.25, -0.2) is 0 Å². The van der Waals surface area contributed by atoms with E-state index in [2.05, 4.69) is 0 Å². The van der Waals surface area contributed by atoms with E-state index in [1.165, 1.54) is 0 Å². The van der Waals surface area contributed by atoms with Crippen LogP contribution in [-0.2, 0) is 20.9 Å². The van der Waals surface area contributed by atoms with Crippen molar-refractivity contribution in [3.63, 3.8) is 0 Å². The molecule has 7 nitrogen and oxygen atoms in total. The average Bonchev–Trinajstić information content (AvgIpc) is 3.00. The Morgan fingerprint density at radius 1 is 1.20 bits per heavy atom. The Kier molecular flexibility index (Phi) is 8.01. The van der Waals surface area contributed by atoms with Crippen molar-refractivity contribution in [1.29, 1.82) is 0 Å². The predicted octanol–water partition coefficient (Wildman–Crippen LogP) is 2.83. The number of rotatable bonds is 10. The molecule has 1 heterocycles. The summed E-state index contributed by atoms with van der Waals surface area (Å²) in [6.45, 7) is 0.348. The van der Waals surface area contributed by atoms with Crippen molar-refractivity contribution in [2.45, 2.75) is 70.1 Å². The number of carbonyl (C=O) groups excluding carboxylic acids is 1. The minimum Gasteiger partial charge on any atom is -0.481 e. The number of aliphatic hydroxyl groups excluding tert-OH is 2. The summed E-state index contributed by atoms with van der Waals surface area (Å²) in [6.07, 6.45) is 4.70. The van der Waals surface area contributed by atoms with Crippen LogP contribution in [0.4, 0.5) is 0 Å². The van der Waals surface area contributed by atoms with Gasteiger partial charge in [-0.3, -0.25) is 9.59 Å². The minimum atomic E-state index is -1.02. The second kappa shape index (κ2) is 10.7. The third kappa shape index (κ3) is 5.90. The Balaban J connectivity index is 1.51. The standard InChI is InChI=1S/C23H30O7/c24-18(23-29-14-15-7-5-6-9-21(15)30-23)12-11-17-16(19(25)13-20(17)26)8-3-1-2-4-10-22(27)28/h5-7,9,11-12,16-18,20,23-24,26H,1-4,8,10,13-14H2,(H,27,28)/b12-11+/t16-,17-,18-,20-,23?/m1/s1. The molecule has 0 spiro atoms. The van der Waals surface area contributed by atoms with Gasteiger partial charge in [-0.1, -0.05) is 49.6 Å². The summed E-state index contributed by atoms with van der Waals surface area (Å²) in [5.74, 6) is -0.699. The predicted molar refractivity (Wildman–Crippen MR) is 109 cm³/mol. The highest BCUT2D eigenvalue weighted by Crippen LogP contribution is 2.35. The zero-order chi connectivity index (χ0) is 21.5. The molecule has 2 aliphatic rings. The van der Waals surface area contributed by atoms with Crippen LogP contribution in [-0.4, -0.2) is 45.6 Å². The summed E-state index contributed by atoms with van der Waals surface area (Å²) < 4.78 is 11.3. The molecule has 1 aliphatic carbocycles. The second-order valence-corrected chi connectivity index (χ2v) is 8.05. The molecule has 0 amide bonds. The molecule has 164 valence electrons. The number of carboxylic acid groups (broad SMARTS) is 1. The zero-order valence-electron chi connectivity index (χ0n) is 17.0. The fraction of sp³-hybridized carbons (Fsp3) is 0.565. The van der Waals surface area contributed by atoms with Gasteiger partial charge in [0.25, 0.3) is 0 Å². The summed E-state index contributed by atoms with van der Waals surface area (Å²) >= 11 is 0. The Bertz CT molecular complexity index is 760. The summed E-state index contributed by atoms with van der Waals surface area (Å²) in [5, 5.41) is 29.4. The first-order chi connectivity index (χ1) is 14.5. The monoisotopic (exact) mass is 418 g/mol. The molecular weight excluding hydrogens is 388 g/mol. The molecule has 0 saturated heterocycles. The molecule has 3 N–H and O–H groups in total. The van der Waals surface area contributed by atoms with E-state index in [1.54, 1.807) is 12.2 Å². The van der Waals surface area contributed by atoms with Gasteiger partial charge in [-0.15, -0.1) is 0 Å². The van der Waals surface area contributed by atoms with Crippen LogP contribution in [0, 0.1) is 11.8 Å². The van der Waals surface area contributed by atoms with E-state index in [-0.39, 0.29) is 30.5 Å². The highest BCUT2D eigenvalue weighted by atomic mass is 16.7. The summed E-state index contributed by atoms with van der Waals surface area (Å²) in [7, 11) is 0. The lowest BCUT2D eigenvalue weighted by molar-refractivity contribution is -0.152. The third-order valence-electron chi connectivity index (χ3n) is 5.82. The van der Waals surface area contributed by atoms with Crippen molar-refractivity contribution >= 4 is 11.8 Å². The van der Waals surface area contributed by atoms with E-state index in [1.807, 2.05) is 24.3 Å². The van der Waals surface area contributed by atoms with Gasteiger partial charge in [0.1, 0.15) is 17.6 Å². The van der Waals surface area contributed by atoms with Gasteiger partial charge in [0.05, 0.1) is 12.7 Å². The molecule has 1 aliphatic heterocycles. The molecule has 5 atom stereocenters. The van der Waals surface area contributed by atoms with Gasteiger partial charge in [-0.2, -0.15) is 0 Å². The number of aliphatic carboxylic acids is 1. The van der Waals surface area contributed by atoms with Crippen molar-refractivity contribution in [3.05, 3.63) is 42.0 Å². The van der Waals surface area contributed by atoms with E-state index in [4.69, 9.17) is 14.6 Å². The lowest BCUT2D eigenvalue weighted by atomic mass is 9.88. The Morgan fingerprint density at radius 3 is 2.77 bits per heavy atom. The minimum absolute atomic E-state index is 0.0382. The largest absolute Gasteiger partial charge is 0.481 e. The number of fused-ring (bicyclic) bond motifs is 1. The van der Waals surface area contributed by atoms with Crippen molar-refractivity contribution in [2.75, 3.05) is 0 Å². The van der Waals surface area contributed by atoms with Crippen LogP contribution >= 0.6 is 0 Å². The van der Waals surface area contributed by atoms with Crippen molar-refractivity contribution in [1.82, 2.24) is 0 Å². The molecule has 1 unspecified atom stereocenters. The second-order valence-electron chi connectivity index (χ2n) is 8.05. The molecule has 3 rings (SSSR count). The highest BCUT2D eigenvalue weighted by molar-refractivity contribution is 5.84. The maximum atomic E-state index is 12.3. The van der Waals surface area contributed by atoms with Gasteiger partial charge in [0.15, 0.2) is 0 Å². The van der Waals surface area contributed by atoms with Gasteiger partial charge >= 0.3 is 5.97 Å². The fourth-order valence-electron chi connectivity index (χ4n) is 4.16. The smallest absolute Gasteiger partial charge is 0.303 e. The molecule has 0 bridgehead atoms. The number of hydrogen-bond acceptors (Lipinski definition) is 6. The van der Waals surface area contributed by atoms with E-state index < -0.39 is 24.5 Å². The first kappa shape index (κ1) is 22.5. The molecular formula is C23H30O7. The molecule has 30 heavy (non-hydrogen) atoms. The van der Waals surface area contributed by atoms with E-state index in [9.17, 15) is 19.8 Å². The molecule has 1 saturated carbocycles. The van der Waals surface area contributed by atoms with Crippen LogP contribution in [0.15, 0.2) is 36.4 Å². The maximum absolute atomic E-state index is 12.3. The number of ether oxygens (including phenoxy) is 2. The van der Waals surface area contributed by atoms with E-state index >= 15 is 0 Å². The normalized spacial score (nSPS) is 27.1. The summed E-state index contributed by atoms with van der Waals surface area (Å²) in [6, 6.07) is 7.48. The van der Waals surface area contributed by atoms with Gasteiger partial charge in [0.2, 0.25) is 6.29 Å². The number of carboxylic acids is 1. The number of benzene rings is 1. The quantitative estimate of drug-likeness (QED) is 0.395. The molecule has 1 fully saturated rings. The van der Waals surface area contributed by atoms with E-state index in [0.29, 0.717) is 25.2 Å². The van der Waals surface area contributed by atoms with Crippen LogP contribution in [0.5, 0.6) is 5.75 Å². The Labute approximate surface area is 176 Å². The molecule has 0 radical (unpaired) electrons. The lowest BCUT2D eigenvalue weighted by Gasteiger charge is -2.28. The number of carbonyl (C=O) groups is 2. The third-order valence-corrected chi connectivity index (χ3v) is 5.82. The number of Topliss-reactive ketones (excluding diaryl/α,β-unsaturated/α-hetero) is 1. The number of aliphatic hydroxyl groups is 2. The lowest BCUT2D eigenvalue weighted by Crippen LogP contribution is -2.36. The van der Waals surface area contributed by atoms with E-state index in [0.717, 1.165) is 24.8 Å². The van der Waals surface area contributed by atoms with Gasteiger partial charge in [-0.05, 0) is 18.9 Å². The molecule has 0 aromatic heterocycles. The molecule has 1 aromatic rings. The van der Waals surface area contributed by atoms with Crippen LogP contribution in [0.1, 0.15) is 50.5 Å². The van der Waals surface area contributed by atoms with Crippen molar-refractivity contribution < 1.29 is 34.4 Å². The molecule has 7 heteroatoms. The summed E-state index contributed by atoms with van der Waals surface area (Å²) in [4.78, 5) is 22.9. The maximum Gasteiger partial charge on any atom is 0.303 e. The van der Waals surface area contributed by atoms with Crippen LogP contribution in [0.3, 0.4) is 0 Å². The number of ketones is 1. The first-order valence-corrected chi connectivity index (χ1v) is 10.6. The average molecular weight is 418 g/mol. The van der Waals surface area contributed by atoms with Crippen molar-refractivity contribution in [3.8, 4) is 5.75 Å². The van der Waals surface area contributed by atoms with Crippen LogP contribution in [0.25, 0.3) is 0 Å². The van der Waals surface area contributed by atoms with Crippen LogP contribution in [0.2, 0.25) is 0 Å². The first-order valence-electron chi connectivity index (χ1n) is 10.6. The number of hydrogen-bond donors (Lipinski definition) is 3. The van der Waals surface area contributed by atoms with Gasteiger partial charge in [0, 0.05) is 30.2 Å². The number of unbranched alkanes of at least 4 members (excludes halogenated alkanes) is 3. The Morgan fingerprint density at radius 2 is 1.97 bits per heavy atom. The zero-order valence-corrected chi connectivity index (χ0v) is 17.0. The van der Waals surface area contributed by atoms with Gasteiger partial charge < -0.3 is 24.8 Å². The van der Waals surface area contributed by atoms with Crippen LogP contribution < -0.4 is 4.74 Å². The van der Waals surface area contributed by atoms with Crippen molar-refractivity contribution in [2.24, 2.45) is 11.8 Å². The summed E-state index contributed by atoms with van der Waals surface area (Å²) in [5.41, 5.74) is 0.921. The Hall–Kier alpha value is -2.22. The topological polar surface area (TPSA) is 113 Å².